The summed E-state index contributed by atoms with van der Waals surface area (Å²) in [5.41, 5.74) is 2.09. The van der Waals surface area contributed by atoms with Crippen molar-refractivity contribution >= 4 is 29.1 Å². The van der Waals surface area contributed by atoms with Gasteiger partial charge in [0.1, 0.15) is 0 Å². The molecule has 3 aliphatic heterocycles. The highest BCUT2D eigenvalue weighted by Gasteiger charge is 2.52. The number of hydrogen-bond acceptors (Lipinski definition) is 5. The fourth-order valence-corrected chi connectivity index (χ4v) is 6.52. The van der Waals surface area contributed by atoms with Gasteiger partial charge in [-0.05, 0) is 48.6 Å². The second-order valence-corrected chi connectivity index (χ2v) is 11.6. The zero-order valence-corrected chi connectivity index (χ0v) is 24.4. The number of nitrogens with zero attached hydrogens (tertiary/aromatic N) is 3. The van der Waals surface area contributed by atoms with Crippen molar-refractivity contribution in [3.8, 4) is 0 Å². The average molecular weight is 572 g/mol. The largest absolute Gasteiger partial charge is 0.394 e. The maximum absolute atomic E-state index is 13.7. The minimum absolute atomic E-state index is 0.0541. The normalized spacial score (nSPS) is 23.4. The number of amides is 3. The lowest BCUT2D eigenvalue weighted by Crippen LogP contribution is -2.46. The van der Waals surface area contributed by atoms with Gasteiger partial charge >= 0.3 is 0 Å². The summed E-state index contributed by atoms with van der Waals surface area (Å²) < 4.78 is 0. The molecule has 0 radical (unpaired) electrons. The molecule has 1 fully saturated rings. The van der Waals surface area contributed by atoms with Gasteiger partial charge in [-0.2, -0.15) is 0 Å². The zero-order chi connectivity index (χ0) is 29.9. The Morgan fingerprint density at radius 1 is 1.12 bits per heavy atom. The van der Waals surface area contributed by atoms with Crippen molar-refractivity contribution < 1.29 is 24.6 Å². The van der Waals surface area contributed by atoms with E-state index < -0.39 is 17.4 Å². The summed E-state index contributed by atoms with van der Waals surface area (Å²) >= 11 is 0. The third-order valence-electron chi connectivity index (χ3n) is 8.96. The number of fused-ring (bicyclic) bond motifs is 2. The fraction of sp³-hybridized carbons (Fsp3) is 0.441. The highest BCUT2D eigenvalue weighted by Crippen LogP contribution is 2.46. The molecule has 0 spiro atoms. The summed E-state index contributed by atoms with van der Waals surface area (Å²) in [6.07, 6.45) is 10.1. The summed E-state index contributed by atoms with van der Waals surface area (Å²) in [7, 11) is 0. The predicted octanol–water partition coefficient (Wildman–Crippen LogP) is 4.23. The van der Waals surface area contributed by atoms with Crippen LogP contribution in [0.5, 0.6) is 0 Å². The summed E-state index contributed by atoms with van der Waals surface area (Å²) in [5, 5.41) is 22.0. The average Bonchev–Trinajstić information content (AvgIpc) is 3.20. The first kappa shape index (κ1) is 29.7. The zero-order valence-electron chi connectivity index (χ0n) is 24.4. The van der Waals surface area contributed by atoms with Crippen molar-refractivity contribution in [2.24, 2.45) is 5.92 Å². The van der Waals surface area contributed by atoms with Gasteiger partial charge < -0.3 is 24.9 Å². The van der Waals surface area contributed by atoms with E-state index in [1.807, 2.05) is 30.3 Å². The Balaban J connectivity index is 1.38. The van der Waals surface area contributed by atoms with Crippen molar-refractivity contribution in [1.82, 2.24) is 4.90 Å². The van der Waals surface area contributed by atoms with Crippen LogP contribution in [0.25, 0.3) is 0 Å². The van der Waals surface area contributed by atoms with Gasteiger partial charge in [0.15, 0.2) is 5.60 Å². The monoisotopic (exact) mass is 571 g/mol. The molecule has 42 heavy (non-hydrogen) atoms. The topological polar surface area (TPSA) is 101 Å². The summed E-state index contributed by atoms with van der Waals surface area (Å²) in [4.78, 5) is 44.9. The summed E-state index contributed by atoms with van der Waals surface area (Å²) in [6, 6.07) is 13.1. The van der Waals surface area contributed by atoms with E-state index in [1.54, 1.807) is 47.1 Å². The van der Waals surface area contributed by atoms with Crippen LogP contribution < -0.4 is 9.80 Å². The van der Waals surface area contributed by atoms with E-state index in [-0.39, 0.29) is 37.4 Å². The SMILES string of the molecule is C=CCN1C(=O)[C@](O)([C@H](C)/C=C/CC(=O)N2Cc3ccccc3C[C@H]2CO)c2cc(N3CCCCCCC3=O)ccc21. The van der Waals surface area contributed by atoms with E-state index in [4.69, 9.17) is 0 Å². The Hall–Kier alpha value is -3.75. The van der Waals surface area contributed by atoms with Gasteiger partial charge in [-0.15, -0.1) is 6.58 Å². The first-order valence-electron chi connectivity index (χ1n) is 15.0. The highest BCUT2D eigenvalue weighted by molar-refractivity contribution is 6.08. The van der Waals surface area contributed by atoms with Crippen LogP contribution in [0.2, 0.25) is 0 Å². The maximum Gasteiger partial charge on any atom is 0.264 e. The molecule has 3 atom stereocenters. The second-order valence-electron chi connectivity index (χ2n) is 11.6. The molecule has 0 saturated carbocycles. The van der Waals surface area contributed by atoms with Gasteiger partial charge in [-0.3, -0.25) is 14.4 Å². The summed E-state index contributed by atoms with van der Waals surface area (Å²) in [5.74, 6) is -1.17. The maximum atomic E-state index is 13.7. The number of carbonyl (C=O) groups is 3. The lowest BCUT2D eigenvalue weighted by Gasteiger charge is -2.36. The molecule has 0 aromatic heterocycles. The first-order valence-corrected chi connectivity index (χ1v) is 15.0. The molecule has 0 aliphatic carbocycles. The van der Waals surface area contributed by atoms with Gasteiger partial charge in [-0.25, -0.2) is 0 Å². The van der Waals surface area contributed by atoms with E-state index in [2.05, 4.69) is 6.58 Å². The van der Waals surface area contributed by atoms with Crippen LogP contribution in [0.15, 0.2) is 67.3 Å². The van der Waals surface area contributed by atoms with Gasteiger partial charge in [0.25, 0.3) is 5.91 Å². The predicted molar refractivity (Wildman–Crippen MR) is 163 cm³/mol. The Kier molecular flexibility index (Phi) is 8.94. The number of hydrogen-bond donors (Lipinski definition) is 2. The molecule has 0 unspecified atom stereocenters. The van der Waals surface area contributed by atoms with Crippen LogP contribution >= 0.6 is 0 Å². The van der Waals surface area contributed by atoms with Crippen LogP contribution in [-0.4, -0.2) is 58.6 Å². The van der Waals surface area contributed by atoms with Crippen molar-refractivity contribution in [3.05, 3.63) is 84.0 Å². The van der Waals surface area contributed by atoms with E-state index in [9.17, 15) is 24.6 Å². The number of anilines is 2. The van der Waals surface area contributed by atoms with Crippen molar-refractivity contribution in [2.45, 2.75) is 70.1 Å². The van der Waals surface area contributed by atoms with Crippen molar-refractivity contribution in [1.29, 1.82) is 0 Å². The van der Waals surface area contributed by atoms with Crippen LogP contribution in [0.3, 0.4) is 0 Å². The lowest BCUT2D eigenvalue weighted by atomic mass is 9.82. The number of carbonyl (C=O) groups excluding carboxylic acids is 3. The minimum Gasteiger partial charge on any atom is -0.394 e. The number of aliphatic hydroxyl groups is 2. The Morgan fingerprint density at radius 3 is 2.64 bits per heavy atom. The van der Waals surface area contributed by atoms with Crippen LogP contribution in [0.4, 0.5) is 11.4 Å². The lowest BCUT2D eigenvalue weighted by molar-refractivity contribution is -0.139. The van der Waals surface area contributed by atoms with Gasteiger partial charge in [-0.1, -0.05) is 62.3 Å². The third-order valence-corrected chi connectivity index (χ3v) is 8.96. The number of rotatable bonds is 8. The second kappa shape index (κ2) is 12.6. The molecule has 2 N–H and O–H groups in total. The van der Waals surface area contributed by atoms with E-state index in [1.165, 1.54) is 4.90 Å². The van der Waals surface area contributed by atoms with Crippen molar-refractivity contribution in [2.75, 3.05) is 29.5 Å². The van der Waals surface area contributed by atoms with Gasteiger partial charge in [0.05, 0.1) is 18.3 Å². The minimum atomic E-state index is -1.86. The van der Waals surface area contributed by atoms with E-state index in [0.717, 1.165) is 36.8 Å². The Bertz CT molecular complexity index is 1390. The molecular weight excluding hydrogens is 530 g/mol. The van der Waals surface area contributed by atoms with Gasteiger partial charge in [0.2, 0.25) is 11.8 Å². The molecule has 8 heteroatoms. The summed E-state index contributed by atoms with van der Waals surface area (Å²) in [6.45, 7) is 6.71. The molecule has 2 aromatic carbocycles. The van der Waals surface area contributed by atoms with Crippen LogP contribution in [-0.2, 0) is 33.0 Å². The van der Waals surface area contributed by atoms with Crippen molar-refractivity contribution in [3.63, 3.8) is 0 Å². The standard InChI is InChI=1S/C34H41N3O5/c1-3-18-36-30-17-16-27(35-19-9-5-4-6-14-31(35)39)21-29(30)34(42,33(36)41)24(2)11-10-15-32(40)37-22-26-13-8-7-12-25(26)20-28(37)23-38/h3,7-8,10-13,16-17,21,24,28,38,42H,1,4-6,9,14-15,18-20,22-23H2,2H3/b11-10+/t24-,28+,34+/m1/s1. The van der Waals surface area contributed by atoms with E-state index in [0.29, 0.717) is 42.9 Å². The molecule has 1 saturated heterocycles. The highest BCUT2D eigenvalue weighted by atomic mass is 16.3. The Labute approximate surface area is 247 Å². The quantitative estimate of drug-likeness (QED) is 0.462. The first-order chi connectivity index (χ1) is 20.3. The molecule has 3 amide bonds. The molecule has 0 bridgehead atoms. The number of aliphatic hydroxyl groups excluding tert-OH is 1. The third kappa shape index (κ3) is 5.53. The molecular formula is C34H41N3O5. The molecule has 3 aliphatic rings. The molecule has 2 aromatic rings. The van der Waals surface area contributed by atoms with Crippen LogP contribution in [0.1, 0.15) is 62.1 Å². The fourth-order valence-electron chi connectivity index (χ4n) is 6.52. The number of benzene rings is 2. The van der Waals surface area contributed by atoms with E-state index >= 15 is 0 Å². The molecule has 222 valence electrons. The smallest absolute Gasteiger partial charge is 0.264 e. The molecule has 3 heterocycles. The Morgan fingerprint density at radius 2 is 1.88 bits per heavy atom. The molecule has 8 nitrogen and oxygen atoms in total. The van der Waals surface area contributed by atoms with Crippen LogP contribution in [0, 0.1) is 5.92 Å². The molecule has 5 rings (SSSR count). The van der Waals surface area contributed by atoms with Gasteiger partial charge in [0, 0.05) is 49.6 Å².